The fourth-order valence-corrected chi connectivity index (χ4v) is 1.62. The van der Waals surface area contributed by atoms with E-state index in [4.69, 9.17) is 11.6 Å². The molecular weight excluding hydrogens is 152 g/mol. The highest BCUT2D eigenvalue weighted by Crippen LogP contribution is 2.22. The summed E-state index contributed by atoms with van der Waals surface area (Å²) in [5, 5.41) is 3.48. The Morgan fingerprint density at radius 1 is 1.58 bits per heavy atom. The number of nitrogens with two attached hydrogens (primary N) is 2. The molecule has 4 N–H and O–H groups in total. The fourth-order valence-electron chi connectivity index (χ4n) is 1.62. The van der Waals surface area contributed by atoms with Gasteiger partial charge in [0.15, 0.2) is 0 Å². The molecule has 1 unspecified atom stereocenters. The Hall–Kier alpha value is -0.930. The van der Waals surface area contributed by atoms with E-state index in [1.807, 2.05) is 4.90 Å². The SMILES string of the molecule is CC(C)C1CCN(C(N)=NN)C1. The van der Waals surface area contributed by atoms with Crippen LogP contribution >= 0.6 is 0 Å². The van der Waals surface area contributed by atoms with Crippen LogP contribution in [0.5, 0.6) is 0 Å². The number of hydrogen-bond donors (Lipinski definition) is 2. The van der Waals surface area contributed by atoms with Crippen molar-refractivity contribution in [2.24, 2.45) is 28.5 Å². The quantitative estimate of drug-likeness (QED) is 0.255. The van der Waals surface area contributed by atoms with Crippen LogP contribution in [0.4, 0.5) is 0 Å². The predicted molar refractivity (Wildman–Crippen MR) is 50.3 cm³/mol. The second-order valence-corrected chi connectivity index (χ2v) is 3.73. The van der Waals surface area contributed by atoms with Crippen molar-refractivity contribution in [1.82, 2.24) is 4.90 Å². The standard InChI is InChI=1S/C8H18N4/c1-6(2)7-3-4-12(5-7)8(9)11-10/h6-7H,3-5,10H2,1-2H3,(H2,9,11). The number of likely N-dealkylation sites (tertiary alicyclic amines) is 1. The number of guanidine groups is 1. The van der Waals surface area contributed by atoms with Crippen LogP contribution in [0, 0.1) is 11.8 Å². The zero-order valence-electron chi connectivity index (χ0n) is 7.83. The Balaban J connectivity index is 2.46. The third kappa shape index (κ3) is 1.81. The summed E-state index contributed by atoms with van der Waals surface area (Å²) in [6.45, 7) is 6.48. The van der Waals surface area contributed by atoms with Gasteiger partial charge >= 0.3 is 0 Å². The highest BCUT2D eigenvalue weighted by molar-refractivity contribution is 5.77. The van der Waals surface area contributed by atoms with Gasteiger partial charge in [-0.05, 0) is 18.3 Å². The summed E-state index contributed by atoms with van der Waals surface area (Å²) in [6.07, 6.45) is 1.20. The maximum Gasteiger partial charge on any atom is 0.213 e. The Kier molecular flexibility index (Phi) is 2.78. The first-order chi connectivity index (χ1) is 5.65. The monoisotopic (exact) mass is 170 g/mol. The third-order valence-corrected chi connectivity index (χ3v) is 2.62. The molecule has 0 aromatic heterocycles. The van der Waals surface area contributed by atoms with E-state index >= 15 is 0 Å². The molecular formula is C8H18N4. The Morgan fingerprint density at radius 2 is 2.25 bits per heavy atom. The first-order valence-corrected chi connectivity index (χ1v) is 4.43. The van der Waals surface area contributed by atoms with E-state index in [1.54, 1.807) is 0 Å². The van der Waals surface area contributed by atoms with Gasteiger partial charge in [0.05, 0.1) is 0 Å². The number of hydrazone groups is 1. The lowest BCUT2D eigenvalue weighted by molar-refractivity contribution is 0.387. The van der Waals surface area contributed by atoms with E-state index in [-0.39, 0.29) is 0 Å². The summed E-state index contributed by atoms with van der Waals surface area (Å²) in [6, 6.07) is 0. The van der Waals surface area contributed by atoms with Crippen LogP contribution in [0.15, 0.2) is 5.10 Å². The molecule has 4 nitrogen and oxygen atoms in total. The van der Waals surface area contributed by atoms with Crippen LogP contribution in [0.2, 0.25) is 0 Å². The average molecular weight is 170 g/mol. The molecule has 1 rings (SSSR count). The van der Waals surface area contributed by atoms with Gasteiger partial charge in [-0.15, -0.1) is 5.10 Å². The van der Waals surface area contributed by atoms with Crippen molar-refractivity contribution >= 4 is 5.96 Å². The fraction of sp³-hybridized carbons (Fsp3) is 0.875. The first-order valence-electron chi connectivity index (χ1n) is 4.43. The number of rotatable bonds is 1. The molecule has 0 amide bonds. The summed E-state index contributed by atoms with van der Waals surface area (Å²) >= 11 is 0. The molecule has 0 bridgehead atoms. The molecule has 1 atom stereocenters. The largest absolute Gasteiger partial charge is 0.368 e. The maximum atomic E-state index is 5.59. The van der Waals surface area contributed by atoms with Crippen molar-refractivity contribution in [3.8, 4) is 0 Å². The molecule has 1 aliphatic heterocycles. The molecule has 1 fully saturated rings. The van der Waals surface area contributed by atoms with E-state index in [9.17, 15) is 0 Å². The van der Waals surface area contributed by atoms with Crippen molar-refractivity contribution in [2.75, 3.05) is 13.1 Å². The highest BCUT2D eigenvalue weighted by atomic mass is 15.3. The summed E-state index contributed by atoms with van der Waals surface area (Å²) in [4.78, 5) is 2.05. The second kappa shape index (κ2) is 3.65. The molecule has 0 aromatic rings. The van der Waals surface area contributed by atoms with E-state index in [1.165, 1.54) is 6.42 Å². The highest BCUT2D eigenvalue weighted by Gasteiger charge is 2.25. The van der Waals surface area contributed by atoms with Crippen molar-refractivity contribution in [3.63, 3.8) is 0 Å². The van der Waals surface area contributed by atoms with Gasteiger partial charge in [-0.25, -0.2) is 0 Å². The first kappa shape index (κ1) is 9.16. The van der Waals surface area contributed by atoms with Crippen LogP contribution in [0.1, 0.15) is 20.3 Å². The average Bonchev–Trinajstić information content (AvgIpc) is 2.51. The lowest BCUT2D eigenvalue weighted by Crippen LogP contribution is -2.36. The van der Waals surface area contributed by atoms with Gasteiger partial charge in [-0.1, -0.05) is 13.8 Å². The molecule has 1 aliphatic rings. The van der Waals surface area contributed by atoms with Gasteiger partial charge in [-0.3, -0.25) is 0 Å². The Morgan fingerprint density at radius 3 is 2.67 bits per heavy atom. The van der Waals surface area contributed by atoms with Crippen molar-refractivity contribution in [3.05, 3.63) is 0 Å². The van der Waals surface area contributed by atoms with Gasteiger partial charge in [0, 0.05) is 13.1 Å². The number of hydrogen-bond acceptors (Lipinski definition) is 2. The predicted octanol–water partition coefficient (Wildman–Crippen LogP) is 0.153. The summed E-state index contributed by atoms with van der Waals surface area (Å²) < 4.78 is 0. The normalized spacial score (nSPS) is 25.4. The summed E-state index contributed by atoms with van der Waals surface area (Å²) in [7, 11) is 0. The van der Waals surface area contributed by atoms with Crippen LogP contribution in [-0.2, 0) is 0 Å². The van der Waals surface area contributed by atoms with E-state index in [0.29, 0.717) is 5.96 Å². The zero-order valence-corrected chi connectivity index (χ0v) is 7.83. The molecule has 0 radical (unpaired) electrons. The lowest BCUT2D eigenvalue weighted by Gasteiger charge is -2.17. The smallest absolute Gasteiger partial charge is 0.213 e. The molecule has 0 aromatic carbocycles. The molecule has 0 saturated carbocycles. The van der Waals surface area contributed by atoms with Gasteiger partial charge in [0.25, 0.3) is 0 Å². The van der Waals surface area contributed by atoms with Gasteiger partial charge in [0.1, 0.15) is 0 Å². The van der Waals surface area contributed by atoms with Crippen molar-refractivity contribution in [1.29, 1.82) is 0 Å². The van der Waals surface area contributed by atoms with E-state index < -0.39 is 0 Å². The second-order valence-electron chi connectivity index (χ2n) is 3.73. The third-order valence-electron chi connectivity index (χ3n) is 2.62. The van der Waals surface area contributed by atoms with Crippen LogP contribution < -0.4 is 11.6 Å². The molecule has 12 heavy (non-hydrogen) atoms. The van der Waals surface area contributed by atoms with Crippen molar-refractivity contribution < 1.29 is 0 Å². The minimum Gasteiger partial charge on any atom is -0.368 e. The van der Waals surface area contributed by atoms with Gasteiger partial charge in [-0.2, -0.15) is 0 Å². The zero-order chi connectivity index (χ0) is 9.14. The topological polar surface area (TPSA) is 67.6 Å². The molecule has 70 valence electrons. The summed E-state index contributed by atoms with van der Waals surface area (Å²) in [5.41, 5.74) is 5.59. The van der Waals surface area contributed by atoms with Crippen molar-refractivity contribution in [2.45, 2.75) is 20.3 Å². The lowest BCUT2D eigenvalue weighted by atomic mass is 9.95. The maximum absolute atomic E-state index is 5.59. The van der Waals surface area contributed by atoms with E-state index in [2.05, 4.69) is 18.9 Å². The Bertz CT molecular complexity index is 176. The minimum atomic E-state index is 0.471. The van der Waals surface area contributed by atoms with Crippen LogP contribution in [0.25, 0.3) is 0 Å². The van der Waals surface area contributed by atoms with Gasteiger partial charge < -0.3 is 16.5 Å². The molecule has 4 heteroatoms. The molecule has 0 aliphatic carbocycles. The Labute approximate surface area is 73.6 Å². The van der Waals surface area contributed by atoms with Gasteiger partial charge in [0.2, 0.25) is 5.96 Å². The van der Waals surface area contributed by atoms with Crippen LogP contribution in [-0.4, -0.2) is 23.9 Å². The van der Waals surface area contributed by atoms with E-state index in [0.717, 1.165) is 24.9 Å². The number of nitrogens with zero attached hydrogens (tertiary/aromatic N) is 2. The van der Waals surface area contributed by atoms with Crippen LogP contribution in [0.3, 0.4) is 0 Å². The molecule has 0 spiro atoms. The summed E-state index contributed by atoms with van der Waals surface area (Å²) in [5.74, 6) is 7.03. The minimum absolute atomic E-state index is 0.471. The molecule has 1 saturated heterocycles. The molecule has 1 heterocycles.